The van der Waals surface area contributed by atoms with E-state index in [9.17, 15) is 19.2 Å². The second kappa shape index (κ2) is 15.2. The highest BCUT2D eigenvalue weighted by molar-refractivity contribution is 5.79. The van der Waals surface area contributed by atoms with E-state index in [-0.39, 0.29) is 0 Å². The third-order valence-corrected chi connectivity index (χ3v) is 4.83. The van der Waals surface area contributed by atoms with Crippen molar-refractivity contribution in [3.05, 3.63) is 105 Å². The lowest BCUT2D eigenvalue weighted by molar-refractivity contribution is -0.105. The number of carbonyl (C=O) groups excluding carboxylic acids is 4. The molecule has 0 aromatic heterocycles. The zero-order valence-electron chi connectivity index (χ0n) is 19.8. The third-order valence-electron chi connectivity index (χ3n) is 4.83. The summed E-state index contributed by atoms with van der Waals surface area (Å²) in [6, 6.07) is 7.49. The van der Waals surface area contributed by atoms with Crippen LogP contribution in [-0.4, -0.2) is 25.1 Å². The van der Waals surface area contributed by atoms with Crippen molar-refractivity contribution in [2.24, 2.45) is 0 Å². The van der Waals surface area contributed by atoms with Crippen molar-refractivity contribution >= 4 is 25.1 Å². The van der Waals surface area contributed by atoms with E-state index in [1.54, 1.807) is 6.07 Å². The van der Waals surface area contributed by atoms with Crippen molar-refractivity contribution in [2.45, 2.75) is 47.0 Å². The van der Waals surface area contributed by atoms with Crippen molar-refractivity contribution in [3.63, 3.8) is 0 Å². The van der Waals surface area contributed by atoms with Gasteiger partial charge in [0, 0.05) is 11.1 Å². The highest BCUT2D eigenvalue weighted by atomic mass is 16.1. The lowest BCUT2D eigenvalue weighted by Gasteiger charge is -1.89. The molecule has 3 aliphatic carbocycles. The van der Waals surface area contributed by atoms with Gasteiger partial charge in [-0.1, -0.05) is 76.9 Å². The molecule has 0 heterocycles. The summed E-state index contributed by atoms with van der Waals surface area (Å²) in [5.41, 5.74) is 8.22. The maximum atomic E-state index is 10.2. The van der Waals surface area contributed by atoms with Gasteiger partial charge in [-0.3, -0.25) is 19.2 Å². The molecule has 0 fully saturated rings. The summed E-state index contributed by atoms with van der Waals surface area (Å²) in [5.74, 6) is 0. The smallest absolute Gasteiger partial charge is 0.150 e. The van der Waals surface area contributed by atoms with Gasteiger partial charge in [0.1, 0.15) is 25.1 Å². The summed E-state index contributed by atoms with van der Waals surface area (Å²) in [6.45, 7) is 8.00. The molecule has 1 aromatic carbocycles. The first-order valence-electron chi connectivity index (χ1n) is 10.8. The first-order chi connectivity index (χ1) is 15.8. The molecule has 1 aromatic rings. The van der Waals surface area contributed by atoms with Crippen LogP contribution in [0.4, 0.5) is 0 Å². The van der Waals surface area contributed by atoms with Crippen LogP contribution < -0.4 is 0 Å². The monoisotopic (exact) mass is 444 g/mol. The van der Waals surface area contributed by atoms with Gasteiger partial charge < -0.3 is 0 Å². The van der Waals surface area contributed by atoms with E-state index in [2.05, 4.69) is 0 Å². The van der Waals surface area contributed by atoms with Gasteiger partial charge in [-0.2, -0.15) is 0 Å². The van der Waals surface area contributed by atoms with Crippen LogP contribution in [0.15, 0.2) is 94.2 Å². The minimum atomic E-state index is 0.745. The molecule has 0 radical (unpaired) electrons. The molecule has 4 heteroatoms. The van der Waals surface area contributed by atoms with Crippen molar-refractivity contribution < 1.29 is 19.2 Å². The number of benzene rings is 1. The van der Waals surface area contributed by atoms with E-state index < -0.39 is 0 Å². The zero-order valence-corrected chi connectivity index (χ0v) is 19.8. The highest BCUT2D eigenvalue weighted by Gasteiger charge is 2.01. The minimum Gasteiger partial charge on any atom is -0.298 e. The molecule has 0 saturated carbocycles. The molecule has 4 nitrogen and oxygen atoms in total. The minimum absolute atomic E-state index is 0.745. The maximum Gasteiger partial charge on any atom is 0.150 e. The average Bonchev–Trinajstić information content (AvgIpc) is 3.56. The number of aldehydes is 4. The standard InChI is InChI=1S/C8H8O.3C7H8O/c1-7-3-2-4-8(5-7)6-9;3*1-6-2-3-7(4-6)5-8/h2-6H,1H3;3-5H,2H2,1H3;2,4-5H,3H2,1H3;2-3,5H,4H2,1H3. The molecular weight excluding hydrogens is 412 g/mol. The van der Waals surface area contributed by atoms with E-state index >= 15 is 0 Å². The Hall–Kier alpha value is -3.66. The maximum absolute atomic E-state index is 10.2. The fraction of sp³-hybridized carbons (Fsp3) is 0.241. The largest absolute Gasteiger partial charge is 0.298 e. The van der Waals surface area contributed by atoms with E-state index in [1.165, 1.54) is 16.7 Å². The summed E-state index contributed by atoms with van der Waals surface area (Å²) in [7, 11) is 0. The lowest BCUT2D eigenvalue weighted by atomic mass is 10.2. The summed E-state index contributed by atoms with van der Waals surface area (Å²) >= 11 is 0. The molecule has 0 bridgehead atoms. The predicted molar refractivity (Wildman–Crippen MR) is 134 cm³/mol. The molecule has 33 heavy (non-hydrogen) atoms. The van der Waals surface area contributed by atoms with Gasteiger partial charge in [0.2, 0.25) is 0 Å². The molecule has 0 spiro atoms. The Bertz CT molecular complexity index is 1040. The number of carbonyl (C=O) groups is 4. The van der Waals surface area contributed by atoms with Crippen LogP contribution in [0.25, 0.3) is 0 Å². The Morgan fingerprint density at radius 1 is 0.697 bits per heavy atom. The molecular formula is C29H32O4. The van der Waals surface area contributed by atoms with E-state index in [0.717, 1.165) is 72.3 Å². The highest BCUT2D eigenvalue weighted by Crippen LogP contribution is 2.15. The molecule has 0 saturated heterocycles. The molecule has 0 atom stereocenters. The van der Waals surface area contributed by atoms with Gasteiger partial charge in [-0.15, -0.1) is 0 Å². The molecule has 0 N–H and O–H groups in total. The van der Waals surface area contributed by atoms with Gasteiger partial charge in [0.25, 0.3) is 0 Å². The molecule has 0 unspecified atom stereocenters. The van der Waals surface area contributed by atoms with Crippen LogP contribution in [0.3, 0.4) is 0 Å². The van der Waals surface area contributed by atoms with E-state index in [4.69, 9.17) is 0 Å². The zero-order chi connectivity index (χ0) is 24.6. The van der Waals surface area contributed by atoms with Crippen molar-refractivity contribution in [1.29, 1.82) is 0 Å². The fourth-order valence-electron chi connectivity index (χ4n) is 3.05. The van der Waals surface area contributed by atoms with Gasteiger partial charge in [0.05, 0.1) is 0 Å². The topological polar surface area (TPSA) is 68.3 Å². The first kappa shape index (κ1) is 27.4. The summed E-state index contributed by atoms with van der Waals surface area (Å²) < 4.78 is 0. The second-order valence-corrected chi connectivity index (χ2v) is 8.09. The van der Waals surface area contributed by atoms with Gasteiger partial charge in [-0.25, -0.2) is 0 Å². The van der Waals surface area contributed by atoms with Crippen molar-refractivity contribution in [2.75, 3.05) is 0 Å². The van der Waals surface area contributed by atoms with Crippen molar-refractivity contribution in [3.8, 4) is 0 Å². The van der Waals surface area contributed by atoms with Crippen LogP contribution in [0.1, 0.15) is 56.0 Å². The quantitative estimate of drug-likeness (QED) is 0.519. The molecule has 3 aliphatic rings. The van der Waals surface area contributed by atoms with Gasteiger partial charge >= 0.3 is 0 Å². The third kappa shape index (κ3) is 11.5. The Balaban J connectivity index is 0.000000220. The van der Waals surface area contributed by atoms with Gasteiger partial charge in [-0.05, 0) is 64.2 Å². The number of hydrogen-bond acceptors (Lipinski definition) is 4. The van der Waals surface area contributed by atoms with Crippen LogP contribution in [0.2, 0.25) is 0 Å². The molecule has 172 valence electrons. The van der Waals surface area contributed by atoms with E-state index in [0.29, 0.717) is 0 Å². The van der Waals surface area contributed by atoms with Crippen LogP contribution in [0, 0.1) is 6.92 Å². The average molecular weight is 445 g/mol. The lowest BCUT2D eigenvalue weighted by Crippen LogP contribution is -1.78. The first-order valence-corrected chi connectivity index (χ1v) is 10.8. The predicted octanol–water partition coefficient (Wildman–Crippen LogP) is 6.19. The van der Waals surface area contributed by atoms with Crippen molar-refractivity contribution in [1.82, 2.24) is 0 Å². The van der Waals surface area contributed by atoms with Crippen LogP contribution in [-0.2, 0) is 14.4 Å². The normalized spacial score (nSPS) is 15.3. The Morgan fingerprint density at radius 3 is 1.73 bits per heavy atom. The summed E-state index contributed by atoms with van der Waals surface area (Å²) in [6.07, 6.45) is 17.8. The number of hydrogen-bond donors (Lipinski definition) is 0. The van der Waals surface area contributed by atoms with Crippen LogP contribution >= 0.6 is 0 Å². The molecule has 0 aliphatic heterocycles. The molecule has 4 rings (SSSR count). The number of allylic oxidation sites excluding steroid dienone is 12. The summed E-state index contributed by atoms with van der Waals surface area (Å²) in [5, 5.41) is 0. The Labute approximate surface area is 196 Å². The summed E-state index contributed by atoms with van der Waals surface area (Å²) in [4.78, 5) is 40.3. The van der Waals surface area contributed by atoms with E-state index in [1.807, 2.05) is 82.4 Å². The Morgan fingerprint density at radius 2 is 1.42 bits per heavy atom. The SMILES string of the molecule is CC1=CC(C=O)=CC1.CC1=CC=C(C=O)C1.CC1=CCC(C=O)=C1.Cc1cccc(C=O)c1. The second-order valence-electron chi connectivity index (χ2n) is 8.09. The molecule has 0 amide bonds. The fourth-order valence-corrected chi connectivity index (χ4v) is 3.05. The van der Waals surface area contributed by atoms with Gasteiger partial charge in [0.15, 0.2) is 0 Å². The number of rotatable bonds is 4. The number of aryl methyl sites for hydroxylation is 1. The Kier molecular flexibility index (Phi) is 12.6. The van der Waals surface area contributed by atoms with Crippen LogP contribution in [0.5, 0.6) is 0 Å².